The van der Waals surface area contributed by atoms with Crippen LogP contribution >= 0.6 is 23.2 Å². The number of aromatic nitrogens is 2. The number of rotatable bonds is 4. The Morgan fingerprint density at radius 1 is 1.44 bits per heavy atom. The maximum Gasteiger partial charge on any atom is 0.146 e. The summed E-state index contributed by atoms with van der Waals surface area (Å²) in [4.78, 5) is 0. The van der Waals surface area contributed by atoms with Crippen molar-refractivity contribution in [2.45, 2.75) is 19.5 Å². The Bertz CT molecular complexity index is 528. The largest absolute Gasteiger partial charge is 0.304 e. The van der Waals surface area contributed by atoms with Crippen molar-refractivity contribution in [2.24, 2.45) is 0 Å². The van der Waals surface area contributed by atoms with Crippen LogP contribution in [-0.2, 0) is 6.54 Å². The summed E-state index contributed by atoms with van der Waals surface area (Å²) in [6.45, 7) is 2.41. The molecule has 1 heterocycles. The Labute approximate surface area is 114 Å². The summed E-state index contributed by atoms with van der Waals surface area (Å²) >= 11 is 11.6. The van der Waals surface area contributed by atoms with Crippen LogP contribution in [0.25, 0.3) is 0 Å². The molecule has 96 valence electrons. The third-order valence-electron chi connectivity index (χ3n) is 2.64. The van der Waals surface area contributed by atoms with Crippen LogP contribution in [0.1, 0.15) is 24.2 Å². The standard InChI is InChI=1S/C12H12Cl2FN3/c1-7(16-6-9-2-3-17-18-9)10-4-8(13)5-11(14)12(10)15/h2-5,7,16H,6H2,1H3,(H,17,18). The lowest BCUT2D eigenvalue weighted by Gasteiger charge is -2.15. The van der Waals surface area contributed by atoms with Crippen LogP contribution in [0, 0.1) is 5.82 Å². The van der Waals surface area contributed by atoms with Crippen molar-refractivity contribution < 1.29 is 4.39 Å². The van der Waals surface area contributed by atoms with Crippen LogP contribution in [0.5, 0.6) is 0 Å². The Balaban J connectivity index is 2.11. The van der Waals surface area contributed by atoms with E-state index in [-0.39, 0.29) is 11.1 Å². The van der Waals surface area contributed by atoms with Gasteiger partial charge in [0.05, 0.1) is 5.02 Å². The van der Waals surface area contributed by atoms with E-state index in [4.69, 9.17) is 23.2 Å². The number of H-pyrrole nitrogens is 1. The zero-order chi connectivity index (χ0) is 13.1. The minimum atomic E-state index is -0.439. The highest BCUT2D eigenvalue weighted by atomic mass is 35.5. The van der Waals surface area contributed by atoms with Crippen molar-refractivity contribution in [3.8, 4) is 0 Å². The topological polar surface area (TPSA) is 40.7 Å². The molecule has 3 nitrogen and oxygen atoms in total. The molecule has 6 heteroatoms. The van der Waals surface area contributed by atoms with Gasteiger partial charge in [0.25, 0.3) is 0 Å². The Morgan fingerprint density at radius 2 is 2.22 bits per heavy atom. The maximum atomic E-state index is 13.8. The number of hydrogen-bond acceptors (Lipinski definition) is 2. The molecule has 0 saturated heterocycles. The molecule has 1 unspecified atom stereocenters. The first-order chi connectivity index (χ1) is 8.58. The van der Waals surface area contributed by atoms with Gasteiger partial charge in [0, 0.05) is 35.1 Å². The molecule has 18 heavy (non-hydrogen) atoms. The lowest BCUT2D eigenvalue weighted by molar-refractivity contribution is 0.524. The summed E-state index contributed by atoms with van der Waals surface area (Å²) in [5.74, 6) is -0.439. The Kier molecular flexibility index (Phi) is 4.22. The molecule has 0 aliphatic rings. The normalized spacial score (nSPS) is 12.7. The second-order valence-corrected chi connectivity index (χ2v) is 4.82. The van der Waals surface area contributed by atoms with E-state index in [2.05, 4.69) is 15.5 Å². The molecule has 0 radical (unpaired) electrons. The summed E-state index contributed by atoms with van der Waals surface area (Å²) in [6.07, 6.45) is 1.67. The first-order valence-electron chi connectivity index (χ1n) is 5.44. The van der Waals surface area contributed by atoms with Gasteiger partial charge in [0.2, 0.25) is 0 Å². The number of nitrogens with zero attached hydrogens (tertiary/aromatic N) is 1. The predicted octanol–water partition coefficient (Wildman–Crippen LogP) is 3.71. The zero-order valence-electron chi connectivity index (χ0n) is 9.67. The minimum Gasteiger partial charge on any atom is -0.304 e. The van der Waals surface area contributed by atoms with Crippen molar-refractivity contribution in [3.63, 3.8) is 0 Å². The SMILES string of the molecule is CC(NCc1ccn[nH]1)c1cc(Cl)cc(Cl)c1F. The van der Waals surface area contributed by atoms with Crippen LogP contribution in [-0.4, -0.2) is 10.2 Å². The smallest absolute Gasteiger partial charge is 0.146 e. The fraction of sp³-hybridized carbons (Fsp3) is 0.250. The first-order valence-corrected chi connectivity index (χ1v) is 6.19. The van der Waals surface area contributed by atoms with Crippen LogP contribution in [0.15, 0.2) is 24.4 Å². The number of hydrogen-bond donors (Lipinski definition) is 2. The quantitative estimate of drug-likeness (QED) is 0.842. The lowest BCUT2D eigenvalue weighted by atomic mass is 10.1. The van der Waals surface area contributed by atoms with Gasteiger partial charge in [0.15, 0.2) is 0 Å². The molecular formula is C12H12Cl2FN3. The average Bonchev–Trinajstić information content (AvgIpc) is 2.83. The predicted molar refractivity (Wildman–Crippen MR) is 70.3 cm³/mol. The second-order valence-electron chi connectivity index (χ2n) is 3.98. The van der Waals surface area contributed by atoms with Crippen LogP contribution < -0.4 is 5.32 Å². The fourth-order valence-corrected chi connectivity index (χ4v) is 2.16. The summed E-state index contributed by atoms with van der Waals surface area (Å²) in [5, 5.41) is 10.3. The van der Waals surface area contributed by atoms with Crippen molar-refractivity contribution >= 4 is 23.2 Å². The van der Waals surface area contributed by atoms with Gasteiger partial charge in [-0.2, -0.15) is 5.10 Å². The van der Waals surface area contributed by atoms with Gasteiger partial charge in [-0.25, -0.2) is 4.39 Å². The van der Waals surface area contributed by atoms with E-state index in [9.17, 15) is 4.39 Å². The molecule has 0 aliphatic heterocycles. The summed E-state index contributed by atoms with van der Waals surface area (Å²) in [6, 6.07) is 4.61. The molecule has 0 aliphatic carbocycles. The molecule has 2 N–H and O–H groups in total. The van der Waals surface area contributed by atoms with Gasteiger partial charge >= 0.3 is 0 Å². The van der Waals surface area contributed by atoms with Gasteiger partial charge < -0.3 is 5.32 Å². The number of aromatic amines is 1. The Morgan fingerprint density at radius 3 is 2.89 bits per heavy atom. The van der Waals surface area contributed by atoms with E-state index >= 15 is 0 Å². The molecule has 1 atom stereocenters. The highest BCUT2D eigenvalue weighted by molar-refractivity contribution is 6.34. The van der Waals surface area contributed by atoms with Crippen molar-refractivity contribution in [2.75, 3.05) is 0 Å². The van der Waals surface area contributed by atoms with Gasteiger partial charge in [-0.3, -0.25) is 5.10 Å². The molecule has 1 aromatic heterocycles. The van der Waals surface area contributed by atoms with Gasteiger partial charge in [-0.15, -0.1) is 0 Å². The highest BCUT2D eigenvalue weighted by Gasteiger charge is 2.14. The zero-order valence-corrected chi connectivity index (χ0v) is 11.2. The van der Waals surface area contributed by atoms with Gasteiger partial charge in [-0.1, -0.05) is 23.2 Å². The monoisotopic (exact) mass is 287 g/mol. The van der Waals surface area contributed by atoms with Crippen molar-refractivity contribution in [1.82, 2.24) is 15.5 Å². The molecule has 0 amide bonds. The number of halogens is 3. The van der Waals surface area contributed by atoms with Gasteiger partial charge in [-0.05, 0) is 25.1 Å². The summed E-state index contributed by atoms with van der Waals surface area (Å²) < 4.78 is 13.8. The van der Waals surface area contributed by atoms with E-state index in [0.717, 1.165) is 5.69 Å². The van der Waals surface area contributed by atoms with Crippen LogP contribution in [0.4, 0.5) is 4.39 Å². The molecule has 0 fully saturated rings. The van der Waals surface area contributed by atoms with Gasteiger partial charge in [0.1, 0.15) is 5.82 Å². The van der Waals surface area contributed by atoms with Crippen LogP contribution in [0.2, 0.25) is 10.0 Å². The lowest BCUT2D eigenvalue weighted by Crippen LogP contribution is -2.19. The summed E-state index contributed by atoms with van der Waals surface area (Å²) in [7, 11) is 0. The highest BCUT2D eigenvalue weighted by Crippen LogP contribution is 2.27. The molecule has 1 aromatic carbocycles. The van der Waals surface area contributed by atoms with Crippen molar-refractivity contribution in [3.05, 3.63) is 51.5 Å². The van der Waals surface area contributed by atoms with E-state index in [0.29, 0.717) is 17.1 Å². The third-order valence-corrected chi connectivity index (χ3v) is 3.14. The van der Waals surface area contributed by atoms with E-state index in [1.807, 2.05) is 13.0 Å². The number of benzene rings is 1. The Hall–Kier alpha value is -1.10. The molecule has 0 bridgehead atoms. The van der Waals surface area contributed by atoms with E-state index < -0.39 is 5.82 Å². The molecular weight excluding hydrogens is 276 g/mol. The fourth-order valence-electron chi connectivity index (χ4n) is 1.65. The molecule has 2 aromatic rings. The number of nitrogens with one attached hydrogen (secondary N) is 2. The second kappa shape index (κ2) is 5.69. The third kappa shape index (κ3) is 3.02. The maximum absolute atomic E-state index is 13.8. The average molecular weight is 288 g/mol. The molecule has 0 spiro atoms. The van der Waals surface area contributed by atoms with Crippen LogP contribution in [0.3, 0.4) is 0 Å². The van der Waals surface area contributed by atoms with E-state index in [1.165, 1.54) is 6.07 Å². The van der Waals surface area contributed by atoms with E-state index in [1.54, 1.807) is 12.3 Å². The first kappa shape index (κ1) is 13.3. The van der Waals surface area contributed by atoms with Crippen molar-refractivity contribution in [1.29, 1.82) is 0 Å². The summed E-state index contributed by atoms with van der Waals surface area (Å²) in [5.41, 5.74) is 1.38. The minimum absolute atomic E-state index is 0.0349. The molecule has 2 rings (SSSR count). The molecule has 0 saturated carbocycles.